The Morgan fingerprint density at radius 3 is 2.45 bits per heavy atom. The minimum atomic E-state index is 0.193. The molecule has 4 nitrogen and oxygen atoms in total. The second-order valence-electron chi connectivity index (χ2n) is 6.11. The molecule has 0 unspecified atom stereocenters. The Morgan fingerprint density at radius 2 is 1.86 bits per heavy atom. The molecule has 22 heavy (non-hydrogen) atoms. The molecular formula is C17H27ClN2O2. The first-order chi connectivity index (χ1) is 10.5. The predicted octanol–water partition coefficient (Wildman–Crippen LogP) is 3.35. The van der Waals surface area contributed by atoms with Crippen molar-refractivity contribution in [3.8, 4) is 11.5 Å². The summed E-state index contributed by atoms with van der Waals surface area (Å²) in [6, 6.07) is 3.98. The summed E-state index contributed by atoms with van der Waals surface area (Å²) < 4.78 is 10.7. The zero-order chi connectivity index (χ0) is 16.1. The van der Waals surface area contributed by atoms with Crippen molar-refractivity contribution in [1.82, 2.24) is 10.2 Å². The van der Waals surface area contributed by atoms with Gasteiger partial charge in [0.2, 0.25) is 0 Å². The predicted molar refractivity (Wildman–Crippen MR) is 91.2 cm³/mol. The molecule has 0 saturated carbocycles. The van der Waals surface area contributed by atoms with Gasteiger partial charge in [-0.05, 0) is 58.4 Å². The Hall–Kier alpha value is -0.970. The van der Waals surface area contributed by atoms with Crippen molar-refractivity contribution in [2.75, 3.05) is 40.9 Å². The lowest BCUT2D eigenvalue weighted by molar-refractivity contribution is 0.213. The van der Waals surface area contributed by atoms with Gasteiger partial charge in [0, 0.05) is 17.7 Å². The van der Waals surface area contributed by atoms with Gasteiger partial charge in [-0.25, -0.2) is 0 Å². The van der Waals surface area contributed by atoms with Crippen LogP contribution in [0.3, 0.4) is 0 Å². The SMILES string of the molecule is COc1cc(OC)c([C@@H](C)NCC2CCN(C)CC2)cc1Cl. The van der Waals surface area contributed by atoms with Crippen LogP contribution in [0.2, 0.25) is 5.02 Å². The summed E-state index contributed by atoms with van der Waals surface area (Å²) in [5.74, 6) is 2.20. The van der Waals surface area contributed by atoms with Crippen LogP contribution in [-0.2, 0) is 0 Å². The first-order valence-corrected chi connectivity index (χ1v) is 8.26. The molecule has 2 rings (SSSR count). The van der Waals surface area contributed by atoms with E-state index in [1.54, 1.807) is 14.2 Å². The molecule has 0 aromatic heterocycles. The minimum absolute atomic E-state index is 0.193. The third-order valence-corrected chi connectivity index (χ3v) is 4.82. The topological polar surface area (TPSA) is 33.7 Å². The average Bonchev–Trinajstić information content (AvgIpc) is 2.53. The smallest absolute Gasteiger partial charge is 0.141 e. The van der Waals surface area contributed by atoms with Gasteiger partial charge in [0.05, 0.1) is 19.2 Å². The van der Waals surface area contributed by atoms with E-state index in [-0.39, 0.29) is 6.04 Å². The van der Waals surface area contributed by atoms with Crippen molar-refractivity contribution >= 4 is 11.6 Å². The maximum absolute atomic E-state index is 6.25. The number of benzene rings is 1. The van der Waals surface area contributed by atoms with E-state index in [1.165, 1.54) is 25.9 Å². The highest BCUT2D eigenvalue weighted by atomic mass is 35.5. The number of ether oxygens (including phenoxy) is 2. The number of methoxy groups -OCH3 is 2. The van der Waals surface area contributed by atoms with Gasteiger partial charge in [0.25, 0.3) is 0 Å². The maximum atomic E-state index is 6.25. The van der Waals surface area contributed by atoms with Crippen molar-refractivity contribution in [1.29, 1.82) is 0 Å². The third-order valence-electron chi connectivity index (χ3n) is 4.52. The Bertz CT molecular complexity index is 488. The van der Waals surface area contributed by atoms with Crippen LogP contribution in [0.5, 0.6) is 11.5 Å². The summed E-state index contributed by atoms with van der Waals surface area (Å²) in [5.41, 5.74) is 1.07. The Morgan fingerprint density at radius 1 is 1.23 bits per heavy atom. The second-order valence-corrected chi connectivity index (χ2v) is 6.51. The summed E-state index contributed by atoms with van der Waals surface area (Å²) in [4.78, 5) is 2.40. The van der Waals surface area contributed by atoms with E-state index in [0.29, 0.717) is 10.8 Å². The van der Waals surface area contributed by atoms with Crippen LogP contribution >= 0.6 is 11.6 Å². The fraction of sp³-hybridized carbons (Fsp3) is 0.647. The largest absolute Gasteiger partial charge is 0.496 e. The lowest BCUT2D eigenvalue weighted by atomic mass is 9.96. The fourth-order valence-corrected chi connectivity index (χ4v) is 3.19. The Balaban J connectivity index is 1.99. The molecule has 1 N–H and O–H groups in total. The molecule has 1 aromatic rings. The molecule has 1 fully saturated rings. The number of halogens is 1. The fourth-order valence-electron chi connectivity index (χ4n) is 2.94. The zero-order valence-electron chi connectivity index (χ0n) is 14.0. The standard InChI is InChI=1S/C17H27ClN2O2/c1-12(19-11-13-5-7-20(2)8-6-13)14-9-15(18)17(22-4)10-16(14)21-3/h9-10,12-13,19H,5-8,11H2,1-4H3/t12-/m1/s1. The number of hydrogen-bond donors (Lipinski definition) is 1. The molecule has 0 amide bonds. The molecule has 1 saturated heterocycles. The van der Waals surface area contributed by atoms with Crippen LogP contribution in [-0.4, -0.2) is 45.8 Å². The lowest BCUT2D eigenvalue weighted by Crippen LogP contribution is -2.35. The summed E-state index contributed by atoms with van der Waals surface area (Å²) in [6.45, 7) is 5.56. The average molecular weight is 327 g/mol. The molecule has 124 valence electrons. The minimum Gasteiger partial charge on any atom is -0.496 e. The Labute approximate surface area is 138 Å². The second kappa shape index (κ2) is 8.04. The normalized spacial score (nSPS) is 18.2. The number of likely N-dealkylation sites (tertiary alicyclic amines) is 1. The van der Waals surface area contributed by atoms with E-state index < -0.39 is 0 Å². The van der Waals surface area contributed by atoms with E-state index in [2.05, 4.69) is 24.2 Å². The molecule has 1 aliphatic rings. The first kappa shape index (κ1) is 17.4. The third kappa shape index (κ3) is 4.28. The molecule has 1 aliphatic heterocycles. The van der Waals surface area contributed by atoms with Crippen LogP contribution in [0.1, 0.15) is 31.4 Å². The van der Waals surface area contributed by atoms with Crippen LogP contribution in [0.15, 0.2) is 12.1 Å². The van der Waals surface area contributed by atoms with E-state index >= 15 is 0 Å². The van der Waals surface area contributed by atoms with Crippen molar-refractivity contribution in [2.45, 2.75) is 25.8 Å². The van der Waals surface area contributed by atoms with Gasteiger partial charge in [-0.1, -0.05) is 11.6 Å². The highest BCUT2D eigenvalue weighted by Gasteiger charge is 2.19. The van der Waals surface area contributed by atoms with Crippen molar-refractivity contribution in [3.05, 3.63) is 22.7 Å². The van der Waals surface area contributed by atoms with Crippen molar-refractivity contribution in [3.63, 3.8) is 0 Å². The van der Waals surface area contributed by atoms with Crippen molar-refractivity contribution in [2.24, 2.45) is 5.92 Å². The van der Waals surface area contributed by atoms with Crippen LogP contribution < -0.4 is 14.8 Å². The van der Waals surface area contributed by atoms with Gasteiger partial charge < -0.3 is 19.7 Å². The van der Waals surface area contributed by atoms with E-state index in [9.17, 15) is 0 Å². The van der Waals surface area contributed by atoms with E-state index in [4.69, 9.17) is 21.1 Å². The highest BCUT2D eigenvalue weighted by molar-refractivity contribution is 6.32. The number of rotatable bonds is 6. The molecule has 0 aliphatic carbocycles. The van der Waals surface area contributed by atoms with Gasteiger partial charge in [-0.15, -0.1) is 0 Å². The maximum Gasteiger partial charge on any atom is 0.141 e. The number of hydrogen-bond acceptors (Lipinski definition) is 4. The van der Waals surface area contributed by atoms with Gasteiger partial charge in [-0.2, -0.15) is 0 Å². The molecule has 5 heteroatoms. The number of piperidine rings is 1. The quantitative estimate of drug-likeness (QED) is 0.869. The van der Waals surface area contributed by atoms with Crippen molar-refractivity contribution < 1.29 is 9.47 Å². The lowest BCUT2D eigenvalue weighted by Gasteiger charge is -2.30. The number of nitrogens with one attached hydrogen (secondary N) is 1. The molecule has 1 aromatic carbocycles. The van der Waals surface area contributed by atoms with Gasteiger partial charge in [0.1, 0.15) is 11.5 Å². The monoisotopic (exact) mass is 326 g/mol. The highest BCUT2D eigenvalue weighted by Crippen LogP contribution is 2.35. The molecule has 1 heterocycles. The molecule has 1 atom stereocenters. The number of nitrogens with zero attached hydrogens (tertiary/aromatic N) is 1. The van der Waals surface area contributed by atoms with Crippen LogP contribution in [0.4, 0.5) is 0 Å². The van der Waals surface area contributed by atoms with Gasteiger partial charge in [0.15, 0.2) is 0 Å². The first-order valence-electron chi connectivity index (χ1n) is 7.88. The summed E-state index contributed by atoms with van der Waals surface area (Å²) in [5, 5.41) is 4.24. The van der Waals surface area contributed by atoms with E-state index in [1.807, 2.05) is 12.1 Å². The van der Waals surface area contributed by atoms with E-state index in [0.717, 1.165) is 23.8 Å². The molecule has 0 bridgehead atoms. The molecule has 0 radical (unpaired) electrons. The summed E-state index contributed by atoms with van der Waals surface area (Å²) in [6.07, 6.45) is 2.52. The van der Waals surface area contributed by atoms with Crippen LogP contribution in [0, 0.1) is 5.92 Å². The summed E-state index contributed by atoms with van der Waals surface area (Å²) >= 11 is 6.25. The van der Waals surface area contributed by atoms with Gasteiger partial charge in [-0.3, -0.25) is 0 Å². The molecule has 0 spiro atoms. The zero-order valence-corrected chi connectivity index (χ0v) is 14.7. The Kier molecular flexibility index (Phi) is 6.36. The molecular weight excluding hydrogens is 300 g/mol. The van der Waals surface area contributed by atoms with Crippen LogP contribution in [0.25, 0.3) is 0 Å². The summed E-state index contributed by atoms with van der Waals surface area (Å²) in [7, 11) is 5.48. The van der Waals surface area contributed by atoms with Gasteiger partial charge >= 0.3 is 0 Å².